The van der Waals surface area contributed by atoms with Crippen LogP contribution in [0.3, 0.4) is 0 Å². The quantitative estimate of drug-likeness (QED) is 0.184. The Morgan fingerprint density at radius 1 is 1.02 bits per heavy atom. The van der Waals surface area contributed by atoms with Crippen molar-refractivity contribution in [3.05, 3.63) is 23.4 Å². The van der Waals surface area contributed by atoms with Gasteiger partial charge in [0.2, 0.25) is 21.8 Å². The molecule has 278 valence electrons. The lowest BCUT2D eigenvalue weighted by atomic mass is 9.79. The van der Waals surface area contributed by atoms with Gasteiger partial charge in [-0.1, -0.05) is 12.8 Å². The van der Waals surface area contributed by atoms with Crippen LogP contribution in [-0.2, 0) is 29.7 Å². The summed E-state index contributed by atoms with van der Waals surface area (Å²) >= 11 is 1.02. The number of benzene rings is 1. The first-order valence-corrected chi connectivity index (χ1v) is 20.5. The topological polar surface area (TPSA) is 243 Å². The molecule has 5 N–H and O–H groups in total. The molecule has 1 aromatic carbocycles. The normalized spacial score (nSPS) is 29.6. The fourth-order valence-corrected chi connectivity index (χ4v) is 10.9. The third-order valence-electron chi connectivity index (χ3n) is 9.98. The smallest absolute Gasteiger partial charge is 0.268 e. The van der Waals surface area contributed by atoms with Crippen molar-refractivity contribution in [2.24, 2.45) is 16.1 Å². The Balaban J connectivity index is 1.35. The summed E-state index contributed by atoms with van der Waals surface area (Å²) in [5, 5.41) is 38.7. The van der Waals surface area contributed by atoms with E-state index in [1.807, 2.05) is 0 Å². The van der Waals surface area contributed by atoms with E-state index in [2.05, 4.69) is 30.0 Å². The zero-order valence-electron chi connectivity index (χ0n) is 28.7. The molecule has 3 aliphatic rings. The van der Waals surface area contributed by atoms with Gasteiger partial charge in [-0.05, 0) is 96.0 Å². The maximum Gasteiger partial charge on any atom is 0.268 e. The van der Waals surface area contributed by atoms with Crippen molar-refractivity contribution in [1.29, 1.82) is 0 Å². The molecule has 2 aromatic rings. The van der Waals surface area contributed by atoms with Crippen molar-refractivity contribution in [2.45, 2.75) is 137 Å². The highest BCUT2D eigenvalue weighted by molar-refractivity contribution is 7.89. The minimum Gasteiger partial charge on any atom is -0.784 e. The fraction of sp³-hybridized carbons (Fsp3) is 0.710. The van der Waals surface area contributed by atoms with Crippen molar-refractivity contribution in [1.82, 2.24) is 24.8 Å². The lowest BCUT2D eigenvalue weighted by Crippen LogP contribution is -2.61. The summed E-state index contributed by atoms with van der Waals surface area (Å²) in [7, 11) is -8.46. The van der Waals surface area contributed by atoms with Gasteiger partial charge < -0.3 is 26.0 Å². The summed E-state index contributed by atoms with van der Waals surface area (Å²) in [5.74, 6) is -2.01. The van der Waals surface area contributed by atoms with Crippen molar-refractivity contribution >= 4 is 59.4 Å². The molecule has 0 spiro atoms. The second-order valence-corrected chi connectivity index (χ2v) is 19.1. The highest BCUT2D eigenvalue weighted by Crippen LogP contribution is 2.39. The highest BCUT2D eigenvalue weighted by atomic mass is 32.2. The molecule has 2 heterocycles. The van der Waals surface area contributed by atoms with E-state index < -0.39 is 84.5 Å². The number of hydrogen-bond acceptors (Lipinski definition) is 13. The Morgan fingerprint density at radius 3 is 2.26 bits per heavy atom. The predicted octanol–water partition coefficient (Wildman–Crippen LogP) is 3.14. The van der Waals surface area contributed by atoms with Gasteiger partial charge in [0.05, 0.1) is 45.8 Å². The summed E-state index contributed by atoms with van der Waals surface area (Å²) < 4.78 is 68.0. The van der Waals surface area contributed by atoms with E-state index in [0.29, 0.717) is 41.6 Å². The molecule has 1 saturated heterocycles. The van der Waals surface area contributed by atoms with Crippen molar-refractivity contribution in [3.8, 4) is 0 Å². The van der Waals surface area contributed by atoms with E-state index in [9.17, 15) is 41.3 Å². The molecule has 6 unspecified atom stereocenters. The van der Waals surface area contributed by atoms with Crippen LogP contribution < -0.4 is 15.4 Å². The molecule has 2 aliphatic carbocycles. The third kappa shape index (κ3) is 8.52. The van der Waals surface area contributed by atoms with Gasteiger partial charge in [0.1, 0.15) is 0 Å². The average molecular weight is 757 g/mol. The number of aliphatic hydroxyl groups excluding tert-OH is 1. The number of aliphatic hydroxyl groups is 1. The maximum atomic E-state index is 13.5. The van der Waals surface area contributed by atoms with Gasteiger partial charge in [0.15, 0.2) is 5.00 Å². The van der Waals surface area contributed by atoms with Crippen LogP contribution in [-0.4, -0.2) is 94.3 Å². The second kappa shape index (κ2) is 14.4. The van der Waals surface area contributed by atoms with Crippen LogP contribution in [0.5, 0.6) is 0 Å². The number of sulfonamides is 1. The number of carbonyl (C=O) groups excluding carboxylic acids is 2. The van der Waals surface area contributed by atoms with Crippen molar-refractivity contribution < 1.29 is 36.1 Å². The van der Waals surface area contributed by atoms with Gasteiger partial charge in [-0.15, -0.1) is 5.11 Å². The zero-order chi connectivity index (χ0) is 36.8. The van der Waals surface area contributed by atoms with E-state index >= 15 is 0 Å². The summed E-state index contributed by atoms with van der Waals surface area (Å²) in [5.41, 5.74) is -1.03. The zero-order valence-corrected chi connectivity index (χ0v) is 31.1. The Bertz CT molecular complexity index is 1830. The van der Waals surface area contributed by atoms with Crippen molar-refractivity contribution in [2.75, 3.05) is 0 Å². The van der Waals surface area contributed by atoms with Crippen LogP contribution in [0.15, 0.2) is 33.3 Å². The number of hydrogen-bond donors (Lipinski definition) is 5. The van der Waals surface area contributed by atoms with E-state index in [1.165, 1.54) is 19.1 Å². The Hall–Kier alpha value is -2.65. The highest BCUT2D eigenvalue weighted by Gasteiger charge is 2.44. The van der Waals surface area contributed by atoms with Crippen LogP contribution >= 0.6 is 11.5 Å². The molecular formula is C31H46N7O9S3-. The molecular weight excluding hydrogens is 711 g/mol. The summed E-state index contributed by atoms with van der Waals surface area (Å²) in [6.45, 7) is 8.46. The summed E-state index contributed by atoms with van der Waals surface area (Å²) in [4.78, 5) is 25.3. The second-order valence-electron chi connectivity index (χ2n) is 15.0. The van der Waals surface area contributed by atoms with E-state index in [0.717, 1.165) is 16.6 Å². The third-order valence-corrected chi connectivity index (χ3v) is 13.6. The number of nitrogens with one attached hydrogen (secondary N) is 3. The minimum absolute atomic E-state index is 0.00186. The number of azo groups is 1. The predicted molar refractivity (Wildman–Crippen MR) is 187 cm³/mol. The standard InChI is InChI=1S/C31H46N7O9S3/c1-17(39)32-24-12-18(13-25(27(24)40)33-28(41)21-8-6-7-9-26(21)50(45,46)47)34-35-29-22-14-20(10-11-23(22)36-48-29)49(43,44)37-19-15-30(2,3)38(42)31(4,5)16-19/h10-11,14,18-19,21,24-27,37,40H,6-9,12-13,15-16H2,1-5H3,(H,32,39)(H,33,41)(H,45,46,47)/q-1. The van der Waals surface area contributed by atoms with Crippen LogP contribution in [0, 0.1) is 11.1 Å². The Labute approximate surface area is 296 Å². The van der Waals surface area contributed by atoms with Crippen molar-refractivity contribution in [3.63, 3.8) is 0 Å². The molecule has 2 amide bonds. The molecule has 19 heteroatoms. The van der Waals surface area contributed by atoms with E-state index in [1.54, 1.807) is 33.8 Å². The molecule has 50 heavy (non-hydrogen) atoms. The number of fused-ring (bicyclic) bond motifs is 1. The Kier molecular flexibility index (Phi) is 11.1. The number of amides is 2. The first kappa shape index (κ1) is 38.6. The van der Waals surface area contributed by atoms with Crippen LogP contribution in [0.25, 0.3) is 10.9 Å². The molecule has 6 atom stereocenters. The molecule has 0 radical (unpaired) electrons. The molecule has 5 rings (SSSR count). The summed E-state index contributed by atoms with van der Waals surface area (Å²) in [6.07, 6.45) is 1.34. The lowest BCUT2D eigenvalue weighted by Gasteiger charge is -2.59. The molecule has 3 fully saturated rings. The number of carbonyl (C=O) groups is 2. The number of hydroxylamine groups is 2. The average Bonchev–Trinajstić information content (AvgIpc) is 3.42. The fourth-order valence-electron chi connectivity index (χ4n) is 7.84. The molecule has 1 aliphatic heterocycles. The number of nitrogens with zero attached hydrogens (tertiary/aromatic N) is 4. The van der Waals surface area contributed by atoms with Gasteiger partial charge in [0.25, 0.3) is 10.1 Å². The largest absolute Gasteiger partial charge is 0.784 e. The molecule has 16 nitrogen and oxygen atoms in total. The van der Waals surface area contributed by atoms with Gasteiger partial charge in [-0.2, -0.15) is 17.9 Å². The van der Waals surface area contributed by atoms with Crippen LogP contribution in [0.2, 0.25) is 0 Å². The summed E-state index contributed by atoms with van der Waals surface area (Å²) in [6, 6.07) is 1.72. The van der Waals surface area contributed by atoms with Gasteiger partial charge in [0, 0.05) is 29.4 Å². The molecule has 0 bridgehead atoms. The number of piperidine rings is 1. The first-order chi connectivity index (χ1) is 23.2. The van der Waals surface area contributed by atoms with Crippen LogP contribution in [0.1, 0.15) is 86.0 Å². The Morgan fingerprint density at radius 2 is 1.64 bits per heavy atom. The minimum atomic E-state index is -4.47. The first-order valence-electron chi connectivity index (χ1n) is 16.7. The monoisotopic (exact) mass is 756 g/mol. The molecule has 2 saturated carbocycles. The molecule has 1 aromatic heterocycles. The SMILES string of the molecule is CC(=O)NC1CC(N=Nc2snc3ccc(S(=O)(=O)NC4CC(C)(C)N([O-])C(C)(C)C4)cc23)CC(NC(=O)C2CCCCC2S(=O)(=O)O)C1O. The van der Waals surface area contributed by atoms with Gasteiger partial charge >= 0.3 is 0 Å². The number of rotatable bonds is 9. The lowest BCUT2D eigenvalue weighted by molar-refractivity contribution is -0.128. The van der Waals surface area contributed by atoms with E-state index in [4.69, 9.17) is 0 Å². The van der Waals surface area contributed by atoms with E-state index in [-0.39, 0.29) is 30.6 Å². The van der Waals surface area contributed by atoms with Gasteiger partial charge in [-0.25, -0.2) is 13.1 Å². The van der Waals surface area contributed by atoms with Gasteiger partial charge in [-0.3, -0.25) is 14.1 Å². The number of aromatic nitrogens is 1. The maximum absolute atomic E-state index is 13.5. The van der Waals surface area contributed by atoms with Crippen LogP contribution in [0.4, 0.5) is 5.00 Å².